The third kappa shape index (κ3) is 6.87. The summed E-state index contributed by atoms with van der Waals surface area (Å²) in [7, 11) is 1.77. The van der Waals surface area contributed by atoms with Crippen LogP contribution in [0.15, 0.2) is 0 Å². The van der Waals surface area contributed by atoms with E-state index in [0.717, 1.165) is 25.9 Å². The summed E-state index contributed by atoms with van der Waals surface area (Å²) in [5.41, 5.74) is 4.88. The molecule has 0 aromatic carbocycles. The maximum absolute atomic E-state index is 13.0. The van der Waals surface area contributed by atoms with Crippen molar-refractivity contribution < 1.29 is 19.1 Å². The topological polar surface area (TPSA) is 96.2 Å². The molecule has 0 saturated carbocycles. The first kappa shape index (κ1) is 23.4. The summed E-state index contributed by atoms with van der Waals surface area (Å²) in [6.07, 6.45) is 3.04. The predicted octanol–water partition coefficient (Wildman–Crippen LogP) is 1.68. The third-order valence-corrected chi connectivity index (χ3v) is 5.90. The van der Waals surface area contributed by atoms with E-state index in [4.69, 9.17) is 10.5 Å². The molecule has 166 valence electrons. The van der Waals surface area contributed by atoms with Crippen LogP contribution in [0.2, 0.25) is 0 Å². The molecule has 2 fully saturated rings. The van der Waals surface area contributed by atoms with E-state index in [0.29, 0.717) is 38.4 Å². The Kier molecular flexibility index (Phi) is 7.91. The molecule has 0 aromatic heterocycles. The number of hydrogen-bond donors (Lipinski definition) is 1. The second-order valence-electron chi connectivity index (χ2n) is 9.54. The van der Waals surface area contributed by atoms with Crippen molar-refractivity contribution in [1.82, 2.24) is 14.7 Å². The summed E-state index contributed by atoms with van der Waals surface area (Å²) in [6.45, 7) is 11.0. The van der Waals surface area contributed by atoms with Crippen LogP contribution in [-0.4, -0.2) is 84.0 Å². The molecule has 2 N–H and O–H groups in total. The summed E-state index contributed by atoms with van der Waals surface area (Å²) in [6, 6.07) is -0.199. The number of carbonyl (C=O) groups is 3. The number of hydrogen-bond acceptors (Lipinski definition) is 5. The summed E-state index contributed by atoms with van der Waals surface area (Å²) in [5, 5.41) is 0. The lowest BCUT2D eigenvalue weighted by molar-refractivity contribution is -0.140. The van der Waals surface area contributed by atoms with E-state index in [-0.39, 0.29) is 29.9 Å². The molecule has 0 aliphatic carbocycles. The molecule has 3 amide bonds. The Morgan fingerprint density at radius 2 is 1.76 bits per heavy atom. The first-order valence-electron chi connectivity index (χ1n) is 10.7. The largest absolute Gasteiger partial charge is 0.444 e. The number of rotatable bonds is 5. The SMILES string of the molecule is CC(C(=O)N1CCC(C(N)=O)CC1)N1CCCC(CN(C)C(=O)OC(C)(C)C)C1. The van der Waals surface area contributed by atoms with Crippen LogP contribution in [-0.2, 0) is 14.3 Å². The Morgan fingerprint density at radius 3 is 2.31 bits per heavy atom. The Hall–Kier alpha value is -1.83. The predicted molar refractivity (Wildman–Crippen MR) is 111 cm³/mol. The van der Waals surface area contributed by atoms with Gasteiger partial charge in [0.25, 0.3) is 0 Å². The zero-order chi connectivity index (χ0) is 21.8. The fourth-order valence-electron chi connectivity index (χ4n) is 4.20. The Morgan fingerprint density at radius 1 is 1.14 bits per heavy atom. The molecular formula is C21H38N4O4. The quantitative estimate of drug-likeness (QED) is 0.744. The van der Waals surface area contributed by atoms with Crippen molar-refractivity contribution in [3.8, 4) is 0 Å². The van der Waals surface area contributed by atoms with Gasteiger partial charge < -0.3 is 20.3 Å². The maximum atomic E-state index is 13.0. The molecule has 0 radical (unpaired) electrons. The number of likely N-dealkylation sites (tertiary alicyclic amines) is 2. The molecule has 8 heteroatoms. The summed E-state index contributed by atoms with van der Waals surface area (Å²) in [5.74, 6) is 0.0569. The lowest BCUT2D eigenvalue weighted by Crippen LogP contribution is -2.53. The highest BCUT2D eigenvalue weighted by molar-refractivity contribution is 5.82. The fraction of sp³-hybridized carbons (Fsp3) is 0.857. The van der Waals surface area contributed by atoms with E-state index in [1.807, 2.05) is 32.6 Å². The van der Waals surface area contributed by atoms with Gasteiger partial charge in [-0.25, -0.2) is 4.79 Å². The van der Waals surface area contributed by atoms with Crippen LogP contribution in [0.3, 0.4) is 0 Å². The molecule has 2 saturated heterocycles. The highest BCUT2D eigenvalue weighted by Gasteiger charge is 2.33. The van der Waals surface area contributed by atoms with Gasteiger partial charge in [0, 0.05) is 39.1 Å². The molecule has 0 spiro atoms. The van der Waals surface area contributed by atoms with Crippen molar-refractivity contribution in [1.29, 1.82) is 0 Å². The molecule has 8 nitrogen and oxygen atoms in total. The van der Waals surface area contributed by atoms with Gasteiger partial charge in [0.2, 0.25) is 11.8 Å². The Bertz CT molecular complexity index is 596. The van der Waals surface area contributed by atoms with Crippen LogP contribution in [0.4, 0.5) is 4.79 Å². The van der Waals surface area contributed by atoms with Gasteiger partial charge in [-0.15, -0.1) is 0 Å². The van der Waals surface area contributed by atoms with Crippen LogP contribution < -0.4 is 5.73 Å². The van der Waals surface area contributed by atoms with Crippen LogP contribution in [0.1, 0.15) is 53.4 Å². The van der Waals surface area contributed by atoms with E-state index in [1.54, 1.807) is 11.9 Å². The van der Waals surface area contributed by atoms with Gasteiger partial charge in [0.1, 0.15) is 5.60 Å². The van der Waals surface area contributed by atoms with E-state index < -0.39 is 5.60 Å². The highest BCUT2D eigenvalue weighted by Crippen LogP contribution is 2.23. The van der Waals surface area contributed by atoms with Gasteiger partial charge in [-0.1, -0.05) is 0 Å². The highest BCUT2D eigenvalue weighted by atomic mass is 16.6. The second-order valence-corrected chi connectivity index (χ2v) is 9.54. The minimum Gasteiger partial charge on any atom is -0.444 e. The van der Waals surface area contributed by atoms with Crippen LogP contribution in [0.25, 0.3) is 0 Å². The molecule has 2 heterocycles. The van der Waals surface area contributed by atoms with Crippen LogP contribution in [0.5, 0.6) is 0 Å². The average molecular weight is 411 g/mol. The fourth-order valence-corrected chi connectivity index (χ4v) is 4.20. The number of nitrogens with zero attached hydrogens (tertiary/aromatic N) is 3. The maximum Gasteiger partial charge on any atom is 0.410 e. The van der Waals surface area contributed by atoms with Gasteiger partial charge in [-0.2, -0.15) is 0 Å². The normalized spacial score (nSPS) is 22.8. The number of piperidine rings is 2. The van der Waals surface area contributed by atoms with Crippen molar-refractivity contribution in [2.75, 3.05) is 39.8 Å². The molecule has 0 bridgehead atoms. The van der Waals surface area contributed by atoms with Gasteiger partial charge >= 0.3 is 6.09 Å². The monoisotopic (exact) mass is 410 g/mol. The summed E-state index contributed by atoms with van der Waals surface area (Å²) < 4.78 is 5.44. The first-order valence-corrected chi connectivity index (χ1v) is 10.7. The van der Waals surface area contributed by atoms with Gasteiger partial charge in [0.15, 0.2) is 0 Å². The molecule has 29 heavy (non-hydrogen) atoms. The number of ether oxygens (including phenoxy) is 1. The van der Waals surface area contributed by atoms with Crippen molar-refractivity contribution in [2.45, 2.75) is 65.0 Å². The van der Waals surface area contributed by atoms with Crippen molar-refractivity contribution in [2.24, 2.45) is 17.6 Å². The van der Waals surface area contributed by atoms with Crippen LogP contribution in [0, 0.1) is 11.8 Å². The van der Waals surface area contributed by atoms with Crippen molar-refractivity contribution >= 4 is 17.9 Å². The van der Waals surface area contributed by atoms with Gasteiger partial charge in [-0.05, 0) is 65.8 Å². The lowest BCUT2D eigenvalue weighted by atomic mass is 9.94. The molecule has 2 unspecified atom stereocenters. The second kappa shape index (κ2) is 9.78. The number of primary amides is 1. The minimum absolute atomic E-state index is 0.114. The first-order chi connectivity index (χ1) is 13.5. The number of amides is 3. The van der Waals surface area contributed by atoms with E-state index in [9.17, 15) is 14.4 Å². The standard InChI is InChI=1S/C21H38N4O4/c1-15(19(27)24-11-8-17(9-12-24)18(22)26)25-10-6-7-16(14-25)13-23(5)20(28)29-21(2,3)4/h15-17H,6-14H2,1-5H3,(H2,22,26). The van der Waals surface area contributed by atoms with Crippen LogP contribution >= 0.6 is 0 Å². The number of nitrogens with two attached hydrogens (primary N) is 1. The molecule has 2 rings (SSSR count). The molecule has 2 aliphatic rings. The zero-order valence-corrected chi connectivity index (χ0v) is 18.6. The molecule has 2 atom stereocenters. The van der Waals surface area contributed by atoms with E-state index in [1.165, 1.54) is 0 Å². The van der Waals surface area contributed by atoms with Gasteiger partial charge in [0.05, 0.1) is 6.04 Å². The molecule has 2 aliphatic heterocycles. The Balaban J connectivity index is 1.85. The van der Waals surface area contributed by atoms with Crippen molar-refractivity contribution in [3.63, 3.8) is 0 Å². The number of carbonyl (C=O) groups excluding carboxylic acids is 3. The van der Waals surface area contributed by atoms with Gasteiger partial charge in [-0.3, -0.25) is 14.5 Å². The van der Waals surface area contributed by atoms with E-state index in [2.05, 4.69) is 4.90 Å². The zero-order valence-electron chi connectivity index (χ0n) is 18.6. The summed E-state index contributed by atoms with van der Waals surface area (Å²) in [4.78, 5) is 42.2. The Labute approximate surface area is 174 Å². The molecule has 0 aromatic rings. The average Bonchev–Trinajstić information content (AvgIpc) is 2.65. The third-order valence-electron chi connectivity index (χ3n) is 5.90. The lowest BCUT2D eigenvalue weighted by Gasteiger charge is -2.40. The van der Waals surface area contributed by atoms with E-state index >= 15 is 0 Å². The molecular weight excluding hydrogens is 372 g/mol. The van der Waals surface area contributed by atoms with Crippen molar-refractivity contribution in [3.05, 3.63) is 0 Å². The summed E-state index contributed by atoms with van der Waals surface area (Å²) >= 11 is 0. The smallest absolute Gasteiger partial charge is 0.410 e. The minimum atomic E-state index is -0.507.